The number of hydrogen-bond donors (Lipinski definition) is 0. The van der Waals surface area contributed by atoms with Gasteiger partial charge < -0.3 is 9.80 Å². The Morgan fingerprint density at radius 3 is 1.11 bits per heavy atom. The Balaban J connectivity index is 1.15. The molecule has 0 amide bonds. The molecule has 0 saturated carbocycles. The Morgan fingerprint density at radius 1 is 0.329 bits per heavy atom. The fourth-order valence-electron chi connectivity index (χ4n) is 12.7. The standard InChI is InChI=1S/C66H40N4/c1-68-44-31-35-54-52-27-15-17-29-58(52)66(60(54)39-44)62-41-50(70(47-22-10-4-11-23-47)48-24-12-5-13-25-48)33-37-56(62)63-64(66)55-36-32-49(69(45-18-6-2-7-19-45)46-20-8-3-9-21-46)40-61(55)65(63)57-28-16-14-26-51(57)53-34-30-43(42-67)38-59(53)65/h2-41H. The van der Waals surface area contributed by atoms with Gasteiger partial charge in [0.15, 0.2) is 5.69 Å². The van der Waals surface area contributed by atoms with Gasteiger partial charge in [-0.25, -0.2) is 4.85 Å². The lowest BCUT2D eigenvalue weighted by atomic mass is 9.66. The Hall–Kier alpha value is -9.48. The van der Waals surface area contributed by atoms with Crippen molar-refractivity contribution in [1.82, 2.24) is 0 Å². The molecule has 70 heavy (non-hydrogen) atoms. The number of rotatable bonds is 6. The molecule has 0 saturated heterocycles. The molecule has 0 heterocycles. The van der Waals surface area contributed by atoms with Crippen molar-refractivity contribution in [3.05, 3.63) is 304 Å². The number of benzene rings is 10. The van der Waals surface area contributed by atoms with Crippen LogP contribution >= 0.6 is 0 Å². The highest BCUT2D eigenvalue weighted by atomic mass is 15.1. The number of anilines is 6. The lowest BCUT2D eigenvalue weighted by Gasteiger charge is -2.36. The zero-order valence-electron chi connectivity index (χ0n) is 37.9. The lowest BCUT2D eigenvalue weighted by molar-refractivity contribution is 0.826. The predicted octanol–water partition coefficient (Wildman–Crippen LogP) is 16.6. The van der Waals surface area contributed by atoms with E-state index in [2.05, 4.69) is 251 Å². The van der Waals surface area contributed by atoms with E-state index in [1.165, 1.54) is 39.0 Å². The molecule has 10 aromatic rings. The minimum Gasteiger partial charge on any atom is -0.310 e. The molecule has 0 aromatic heterocycles. The van der Waals surface area contributed by atoms with Crippen LogP contribution in [-0.2, 0) is 10.8 Å². The molecule has 4 aliphatic carbocycles. The van der Waals surface area contributed by atoms with Gasteiger partial charge in [-0.3, -0.25) is 0 Å². The summed E-state index contributed by atoms with van der Waals surface area (Å²) in [6.45, 7) is 8.43. The van der Waals surface area contributed by atoms with Gasteiger partial charge in [0.2, 0.25) is 0 Å². The summed E-state index contributed by atoms with van der Waals surface area (Å²) in [6, 6.07) is 89.6. The summed E-state index contributed by atoms with van der Waals surface area (Å²) in [5.74, 6) is 0. The monoisotopic (exact) mass is 888 g/mol. The zero-order valence-corrected chi connectivity index (χ0v) is 37.9. The van der Waals surface area contributed by atoms with Crippen molar-refractivity contribution >= 4 is 51.0 Å². The summed E-state index contributed by atoms with van der Waals surface area (Å²) in [6.07, 6.45) is 0. The molecule has 0 aliphatic heterocycles. The zero-order chi connectivity index (χ0) is 46.6. The second-order valence-corrected chi connectivity index (χ2v) is 18.5. The van der Waals surface area contributed by atoms with Crippen LogP contribution in [0, 0.1) is 17.9 Å². The van der Waals surface area contributed by atoms with Gasteiger partial charge in [0.25, 0.3) is 0 Å². The Bertz CT molecular complexity index is 3580. The molecule has 10 aromatic carbocycles. The molecule has 0 bridgehead atoms. The third-order valence-electron chi connectivity index (χ3n) is 15.3. The maximum atomic E-state index is 10.7. The highest BCUT2D eigenvalue weighted by Gasteiger charge is 2.63. The fourth-order valence-corrected chi connectivity index (χ4v) is 12.7. The van der Waals surface area contributed by atoms with Gasteiger partial charge in [0, 0.05) is 34.1 Å². The first-order chi connectivity index (χ1) is 34.6. The van der Waals surface area contributed by atoms with Crippen molar-refractivity contribution in [3.63, 3.8) is 0 Å². The molecule has 2 unspecified atom stereocenters. The van der Waals surface area contributed by atoms with Crippen LogP contribution in [0.25, 0.3) is 38.2 Å². The summed E-state index contributed by atoms with van der Waals surface area (Å²) in [5, 5.41) is 10.7. The largest absolute Gasteiger partial charge is 0.310 e. The van der Waals surface area contributed by atoms with Crippen LogP contribution in [0.1, 0.15) is 50.1 Å². The Morgan fingerprint density at radius 2 is 0.686 bits per heavy atom. The summed E-state index contributed by atoms with van der Waals surface area (Å²) in [4.78, 5) is 8.81. The SMILES string of the molecule is [C-]#[N+]c1ccc2c(c1)C1(C3=C(c4ccc(N(c5ccccc5)c5ccccc5)cc41)C1(c4cc(N(c5ccccc5)c5ccccc5)ccc43)c3ccccc3-c3ccc(C#N)cc31)c1ccccc1-2. The average Bonchev–Trinajstić information content (AvgIpc) is 4.11. The molecule has 4 nitrogen and oxygen atoms in total. The molecular formula is C66H40N4. The van der Waals surface area contributed by atoms with Crippen molar-refractivity contribution in [2.75, 3.05) is 9.80 Å². The van der Waals surface area contributed by atoms with E-state index >= 15 is 0 Å². The summed E-state index contributed by atoms with van der Waals surface area (Å²) in [5.41, 5.74) is 22.1. The van der Waals surface area contributed by atoms with Gasteiger partial charge in [-0.2, -0.15) is 5.26 Å². The lowest BCUT2D eigenvalue weighted by Crippen LogP contribution is -2.29. The van der Waals surface area contributed by atoms with Crippen molar-refractivity contribution in [1.29, 1.82) is 5.26 Å². The first kappa shape index (κ1) is 39.7. The minimum absolute atomic E-state index is 0.604. The number of hydrogen-bond acceptors (Lipinski definition) is 3. The third kappa shape index (κ3) is 5.22. The minimum atomic E-state index is -0.841. The molecule has 0 radical (unpaired) electrons. The topological polar surface area (TPSA) is 34.6 Å². The number of allylic oxidation sites excluding steroid dienone is 2. The van der Waals surface area contributed by atoms with Gasteiger partial charge in [0.05, 0.1) is 29.0 Å². The molecule has 4 aliphatic rings. The van der Waals surface area contributed by atoms with Crippen LogP contribution in [0.2, 0.25) is 0 Å². The fraction of sp³-hybridized carbons (Fsp3) is 0.0303. The molecule has 2 spiro atoms. The molecule has 2 atom stereocenters. The first-order valence-electron chi connectivity index (χ1n) is 23.8. The molecule has 4 heteroatoms. The maximum Gasteiger partial charge on any atom is 0.187 e. The first-order valence-corrected chi connectivity index (χ1v) is 23.8. The van der Waals surface area contributed by atoms with E-state index in [0.29, 0.717) is 11.3 Å². The van der Waals surface area contributed by atoms with Crippen molar-refractivity contribution in [2.45, 2.75) is 10.8 Å². The van der Waals surface area contributed by atoms with Gasteiger partial charge >= 0.3 is 0 Å². The van der Waals surface area contributed by atoms with Crippen molar-refractivity contribution in [2.24, 2.45) is 0 Å². The van der Waals surface area contributed by atoms with Gasteiger partial charge in [0.1, 0.15) is 0 Å². The van der Waals surface area contributed by atoms with Gasteiger partial charge in [-0.15, -0.1) is 0 Å². The molecule has 14 rings (SSSR count). The normalized spacial score (nSPS) is 16.9. The number of nitriles is 1. The van der Waals surface area contributed by atoms with Crippen LogP contribution in [0.4, 0.5) is 39.8 Å². The smallest absolute Gasteiger partial charge is 0.187 e. The molecule has 0 N–H and O–H groups in total. The van der Waals surface area contributed by atoms with Crippen LogP contribution in [0.3, 0.4) is 0 Å². The summed E-state index contributed by atoms with van der Waals surface area (Å²) >= 11 is 0. The quantitative estimate of drug-likeness (QED) is 0.156. The predicted molar refractivity (Wildman–Crippen MR) is 284 cm³/mol. The van der Waals surface area contributed by atoms with Crippen LogP contribution in [0.5, 0.6) is 0 Å². The van der Waals surface area contributed by atoms with Crippen LogP contribution < -0.4 is 9.80 Å². The van der Waals surface area contributed by atoms with E-state index in [-0.39, 0.29) is 0 Å². The molecular weight excluding hydrogens is 849 g/mol. The highest BCUT2D eigenvalue weighted by Crippen LogP contribution is 2.75. The van der Waals surface area contributed by atoms with Crippen LogP contribution in [0.15, 0.2) is 243 Å². The summed E-state index contributed by atoms with van der Waals surface area (Å²) < 4.78 is 0. The third-order valence-corrected chi connectivity index (χ3v) is 15.3. The van der Waals surface area contributed by atoms with Crippen LogP contribution in [-0.4, -0.2) is 0 Å². The van der Waals surface area contributed by atoms with E-state index in [1.807, 2.05) is 12.1 Å². The van der Waals surface area contributed by atoms with Crippen molar-refractivity contribution < 1.29 is 0 Å². The van der Waals surface area contributed by atoms with E-state index in [1.54, 1.807) is 0 Å². The van der Waals surface area contributed by atoms with E-state index in [9.17, 15) is 5.26 Å². The van der Waals surface area contributed by atoms with E-state index in [0.717, 1.165) is 73.1 Å². The molecule has 0 fully saturated rings. The van der Waals surface area contributed by atoms with Gasteiger partial charge in [-0.1, -0.05) is 158 Å². The second kappa shape index (κ2) is 15.0. The van der Waals surface area contributed by atoms with E-state index < -0.39 is 10.8 Å². The maximum absolute atomic E-state index is 10.7. The Labute approximate surface area is 407 Å². The highest BCUT2D eigenvalue weighted by molar-refractivity contribution is 6.20. The molecule has 324 valence electrons. The van der Waals surface area contributed by atoms with Crippen molar-refractivity contribution in [3.8, 4) is 28.3 Å². The second-order valence-electron chi connectivity index (χ2n) is 18.5. The van der Waals surface area contributed by atoms with E-state index in [4.69, 9.17) is 6.57 Å². The van der Waals surface area contributed by atoms with Gasteiger partial charge in [-0.05, 0) is 163 Å². The number of para-hydroxylation sites is 4. The Kier molecular flexibility index (Phi) is 8.51. The summed E-state index contributed by atoms with van der Waals surface area (Å²) in [7, 11) is 0. The number of nitrogens with zero attached hydrogens (tertiary/aromatic N) is 4. The average molecular weight is 889 g/mol. The number of fused-ring (bicyclic) bond motifs is 18.